The van der Waals surface area contributed by atoms with E-state index in [-0.39, 0.29) is 0 Å². The number of aromatic amines is 1. The predicted octanol–water partition coefficient (Wildman–Crippen LogP) is 1.17. The lowest BCUT2D eigenvalue weighted by molar-refractivity contribution is 0.414. The summed E-state index contributed by atoms with van der Waals surface area (Å²) >= 11 is 0. The lowest BCUT2D eigenvalue weighted by Gasteiger charge is -2.10. The van der Waals surface area contributed by atoms with E-state index in [9.17, 15) is 0 Å². The minimum atomic E-state index is 0.744. The molecule has 17 heavy (non-hydrogen) atoms. The molecule has 6 nitrogen and oxygen atoms in total. The van der Waals surface area contributed by atoms with Gasteiger partial charge in [0, 0.05) is 18.7 Å². The number of anilines is 1. The lowest BCUT2D eigenvalue weighted by Crippen LogP contribution is -2.07. The fourth-order valence-electron chi connectivity index (χ4n) is 1.51. The van der Waals surface area contributed by atoms with Crippen LogP contribution in [0.3, 0.4) is 0 Å². The quantitative estimate of drug-likeness (QED) is 0.810. The molecule has 2 aromatic rings. The number of pyridine rings is 1. The molecule has 0 saturated carbocycles. The van der Waals surface area contributed by atoms with Crippen molar-refractivity contribution in [3.8, 4) is 5.75 Å². The van der Waals surface area contributed by atoms with Crippen LogP contribution >= 0.6 is 0 Å². The van der Waals surface area contributed by atoms with Crippen molar-refractivity contribution in [1.82, 2.24) is 20.2 Å². The lowest BCUT2D eigenvalue weighted by atomic mass is 10.3. The van der Waals surface area contributed by atoms with Gasteiger partial charge in [-0.25, -0.2) is 4.98 Å². The molecule has 0 aliphatic rings. The Morgan fingerprint density at radius 2 is 2.29 bits per heavy atom. The van der Waals surface area contributed by atoms with Crippen molar-refractivity contribution in [3.63, 3.8) is 0 Å². The Hall–Kier alpha value is -2.11. The zero-order chi connectivity index (χ0) is 12.1. The topological polar surface area (TPSA) is 75.7 Å². The molecule has 0 unspecified atom stereocenters. The zero-order valence-corrected chi connectivity index (χ0v) is 9.90. The standard InChI is InChI=1S/C11H15N5O/c1-8-5-9(10(17-2)6-13-8)12-4-3-11-14-7-15-16-11/h5-7H,3-4H2,1-2H3,(H,12,13)(H,14,15,16). The normalized spacial score (nSPS) is 10.2. The molecule has 0 saturated heterocycles. The maximum Gasteiger partial charge on any atom is 0.160 e. The van der Waals surface area contributed by atoms with Crippen LogP contribution in [0.5, 0.6) is 5.75 Å². The summed E-state index contributed by atoms with van der Waals surface area (Å²) in [5.74, 6) is 1.61. The zero-order valence-electron chi connectivity index (χ0n) is 9.90. The van der Waals surface area contributed by atoms with E-state index in [1.54, 1.807) is 13.3 Å². The highest BCUT2D eigenvalue weighted by molar-refractivity contribution is 5.55. The van der Waals surface area contributed by atoms with Gasteiger partial charge in [-0.15, -0.1) is 0 Å². The maximum absolute atomic E-state index is 5.23. The molecule has 2 rings (SSSR count). The molecule has 2 heterocycles. The van der Waals surface area contributed by atoms with E-state index in [1.807, 2.05) is 13.0 Å². The van der Waals surface area contributed by atoms with Crippen LogP contribution in [0.2, 0.25) is 0 Å². The van der Waals surface area contributed by atoms with Gasteiger partial charge in [0.15, 0.2) is 5.75 Å². The maximum atomic E-state index is 5.23. The average molecular weight is 233 g/mol. The Bertz CT molecular complexity index is 469. The molecule has 90 valence electrons. The fraction of sp³-hybridized carbons (Fsp3) is 0.364. The van der Waals surface area contributed by atoms with Crippen LogP contribution in [0.25, 0.3) is 0 Å². The Morgan fingerprint density at radius 1 is 1.41 bits per heavy atom. The van der Waals surface area contributed by atoms with Crippen LogP contribution in [-0.4, -0.2) is 33.8 Å². The Balaban J connectivity index is 1.96. The number of nitrogens with zero attached hydrogens (tertiary/aromatic N) is 3. The molecule has 0 spiro atoms. The van der Waals surface area contributed by atoms with Gasteiger partial charge in [0.1, 0.15) is 12.2 Å². The van der Waals surface area contributed by atoms with E-state index >= 15 is 0 Å². The summed E-state index contributed by atoms with van der Waals surface area (Å²) in [6, 6.07) is 1.96. The number of hydrogen-bond donors (Lipinski definition) is 2. The summed E-state index contributed by atoms with van der Waals surface area (Å²) in [5.41, 5.74) is 1.90. The SMILES string of the molecule is COc1cnc(C)cc1NCCc1ncn[nH]1. The van der Waals surface area contributed by atoms with Gasteiger partial charge in [0.05, 0.1) is 19.0 Å². The Kier molecular flexibility index (Phi) is 3.54. The van der Waals surface area contributed by atoms with E-state index in [0.29, 0.717) is 0 Å². The highest BCUT2D eigenvalue weighted by atomic mass is 16.5. The largest absolute Gasteiger partial charge is 0.493 e. The minimum Gasteiger partial charge on any atom is -0.493 e. The molecule has 6 heteroatoms. The third kappa shape index (κ3) is 2.93. The van der Waals surface area contributed by atoms with Crippen LogP contribution < -0.4 is 10.1 Å². The second-order valence-electron chi connectivity index (χ2n) is 3.63. The molecule has 0 aliphatic carbocycles. The highest BCUT2D eigenvalue weighted by Gasteiger charge is 2.03. The van der Waals surface area contributed by atoms with E-state index in [4.69, 9.17) is 4.74 Å². The van der Waals surface area contributed by atoms with Crippen LogP contribution in [0.15, 0.2) is 18.6 Å². The first-order valence-electron chi connectivity index (χ1n) is 5.38. The van der Waals surface area contributed by atoms with Gasteiger partial charge in [0.2, 0.25) is 0 Å². The minimum absolute atomic E-state index is 0.744. The summed E-state index contributed by atoms with van der Waals surface area (Å²) in [7, 11) is 1.63. The second-order valence-corrected chi connectivity index (χ2v) is 3.63. The van der Waals surface area contributed by atoms with Crippen LogP contribution in [0, 0.1) is 6.92 Å². The first-order chi connectivity index (χ1) is 8.29. The number of rotatable bonds is 5. The van der Waals surface area contributed by atoms with Crippen LogP contribution in [-0.2, 0) is 6.42 Å². The summed E-state index contributed by atoms with van der Waals surface area (Å²) in [6.45, 7) is 2.70. The van der Waals surface area contributed by atoms with Crippen molar-refractivity contribution >= 4 is 5.69 Å². The first kappa shape index (κ1) is 11.4. The monoisotopic (exact) mass is 233 g/mol. The number of ether oxygens (including phenoxy) is 1. The average Bonchev–Trinajstić information content (AvgIpc) is 2.82. The van der Waals surface area contributed by atoms with Crippen molar-refractivity contribution in [2.24, 2.45) is 0 Å². The molecule has 0 bridgehead atoms. The Morgan fingerprint density at radius 3 is 3.00 bits per heavy atom. The van der Waals surface area contributed by atoms with Crippen molar-refractivity contribution < 1.29 is 4.74 Å². The molecule has 0 aliphatic heterocycles. The van der Waals surface area contributed by atoms with E-state index in [2.05, 4.69) is 25.5 Å². The molecule has 0 amide bonds. The molecule has 0 fully saturated rings. The van der Waals surface area contributed by atoms with E-state index in [1.165, 1.54) is 6.33 Å². The molecular weight excluding hydrogens is 218 g/mol. The van der Waals surface area contributed by atoms with Gasteiger partial charge in [-0.1, -0.05) is 0 Å². The second kappa shape index (κ2) is 5.29. The third-order valence-electron chi connectivity index (χ3n) is 2.37. The van der Waals surface area contributed by atoms with Crippen molar-refractivity contribution in [2.75, 3.05) is 19.0 Å². The van der Waals surface area contributed by atoms with Crippen molar-refractivity contribution in [2.45, 2.75) is 13.3 Å². The summed E-state index contributed by atoms with van der Waals surface area (Å²) < 4.78 is 5.23. The molecule has 2 N–H and O–H groups in total. The number of aryl methyl sites for hydroxylation is 1. The Labute approximate surface area is 99.4 Å². The molecule has 0 aromatic carbocycles. The van der Waals surface area contributed by atoms with Crippen LogP contribution in [0.4, 0.5) is 5.69 Å². The highest BCUT2D eigenvalue weighted by Crippen LogP contribution is 2.23. The van der Waals surface area contributed by atoms with Crippen molar-refractivity contribution in [3.05, 3.63) is 30.1 Å². The summed E-state index contributed by atoms with van der Waals surface area (Å²) in [4.78, 5) is 8.23. The van der Waals surface area contributed by atoms with Gasteiger partial charge in [-0.05, 0) is 13.0 Å². The van der Waals surface area contributed by atoms with Gasteiger partial charge in [-0.2, -0.15) is 5.10 Å². The predicted molar refractivity (Wildman–Crippen MR) is 64.1 cm³/mol. The van der Waals surface area contributed by atoms with Crippen molar-refractivity contribution in [1.29, 1.82) is 0 Å². The number of aromatic nitrogens is 4. The summed E-state index contributed by atoms with van der Waals surface area (Å²) in [6.07, 6.45) is 4.00. The van der Waals surface area contributed by atoms with Gasteiger partial charge in [-0.3, -0.25) is 10.1 Å². The van der Waals surface area contributed by atoms with E-state index in [0.717, 1.165) is 35.9 Å². The van der Waals surface area contributed by atoms with E-state index < -0.39 is 0 Å². The van der Waals surface area contributed by atoms with Crippen LogP contribution in [0.1, 0.15) is 11.5 Å². The molecule has 0 radical (unpaired) electrons. The summed E-state index contributed by atoms with van der Waals surface area (Å²) in [5, 5.41) is 9.91. The van der Waals surface area contributed by atoms with Gasteiger partial charge >= 0.3 is 0 Å². The first-order valence-corrected chi connectivity index (χ1v) is 5.38. The van der Waals surface area contributed by atoms with Gasteiger partial charge < -0.3 is 10.1 Å². The molecule has 2 aromatic heterocycles. The third-order valence-corrected chi connectivity index (χ3v) is 2.37. The molecule has 0 atom stereocenters. The smallest absolute Gasteiger partial charge is 0.160 e. The number of H-pyrrole nitrogens is 1. The van der Waals surface area contributed by atoms with Gasteiger partial charge in [0.25, 0.3) is 0 Å². The number of hydrogen-bond acceptors (Lipinski definition) is 5. The number of nitrogens with one attached hydrogen (secondary N) is 2. The fourth-order valence-corrected chi connectivity index (χ4v) is 1.51. The molecular formula is C11H15N5O. The number of methoxy groups -OCH3 is 1.